The Kier molecular flexibility index (Phi) is 111. The smallest absolute Gasteiger partial charge is 0.395 e. The Morgan fingerprint density at radius 3 is 0.974 bits per heavy atom. The van der Waals surface area contributed by atoms with E-state index in [4.69, 9.17) is 19.3 Å². The minimum atomic E-state index is -4.06. The lowest BCUT2D eigenvalue weighted by Crippen LogP contribution is -2.48. The molecule has 117 heavy (non-hydrogen) atoms. The zero-order valence-corrected chi connectivity index (χ0v) is 86.0. The molecule has 0 radical (unpaired) electrons. The van der Waals surface area contributed by atoms with E-state index in [-0.39, 0.29) is 19.6 Å². The molecule has 0 aromatic heterocycles. The third kappa shape index (κ3) is 138. The lowest BCUT2D eigenvalue weighted by atomic mass is 10.00. The first-order valence-corrected chi connectivity index (χ1v) is 43.9. The number of nitrogens with two attached hydrogens (primary N) is 1. The van der Waals surface area contributed by atoms with Crippen molar-refractivity contribution in [1.82, 2.24) is 95.6 Å². The SMILES string of the molecule is CC(C)N(C)C.CC1CCN(C)CC1.CCN(C)C.CCNC.CN.CN(C)C.CN(C)C(C)(C)C.CN(C)C1CCOC1.CN(C)C1COC1.CN(C)CCO.CN1CCC(F)(F)C1.CN1CCC1.CN1CCCC1.CN1CCCCCC1.CNC.CNC(C)(C)C.CNC(C)C.CNC1CC1.CNCC(F)(F)F.COC1CN(C)C1. The van der Waals surface area contributed by atoms with Crippen molar-refractivity contribution >= 4 is 0 Å². The summed E-state index contributed by atoms with van der Waals surface area (Å²) in [6.07, 6.45) is 13.3. The van der Waals surface area contributed by atoms with Gasteiger partial charge < -0.3 is 121 Å². The second kappa shape index (κ2) is 93.8. The van der Waals surface area contributed by atoms with Gasteiger partial charge in [-0.15, -0.1) is 0 Å². The molecule has 0 aromatic rings. The lowest BCUT2D eigenvalue weighted by Gasteiger charge is -2.34. The Bertz CT molecular complexity index is 1770. The summed E-state index contributed by atoms with van der Waals surface area (Å²) in [5.41, 5.74) is 5.12. The maximum atomic E-state index is 12.2. The van der Waals surface area contributed by atoms with Crippen LogP contribution in [-0.2, 0) is 14.2 Å². The van der Waals surface area contributed by atoms with Crippen molar-refractivity contribution in [1.29, 1.82) is 0 Å². The van der Waals surface area contributed by atoms with Gasteiger partial charge in [-0.05, 0) is 395 Å². The van der Waals surface area contributed by atoms with Gasteiger partial charge in [0.1, 0.15) is 0 Å². The molecule has 8 saturated heterocycles. The molecule has 0 amide bonds. The Balaban J connectivity index is -0.000000113. The maximum Gasteiger partial charge on any atom is 0.401 e. The summed E-state index contributed by atoms with van der Waals surface area (Å²) in [5, 5.41) is 25.1. The van der Waals surface area contributed by atoms with Gasteiger partial charge in [-0.1, -0.05) is 47.5 Å². The highest BCUT2D eigenvalue weighted by Crippen LogP contribution is 2.25. The molecule has 1 unspecified atom stereocenters. The highest BCUT2D eigenvalue weighted by molar-refractivity contribution is 4.80. The number of hydrogen-bond donors (Lipinski definition) is 8. The number of likely N-dealkylation sites (N-methyl/N-ethyl adjacent to an activating group) is 4. The standard InChI is InChI=1S/2C7H15N.C6H13NO.C6H15N.C5H9F2N.2C5H11NO.C5H11N.2C5H13N.C4H11NO.2C4H9N.2C4H11N.C3H6F3N.2C3H9N.C2H7N.CH5N/c1-7-3-5-8(2)6-4-7;1-8-6-4-2-3-5-7-8;1-7(2)6-3-4-8-5-6;1-6(2,3)7(4)5;1-8-3-2-5(6,7)4-8;1-6-3-5(4-6)7-2;1-6(2)5-3-7-4-5;1-6-4-2-3-5-6;1-5(2)6(3)4;1-5(2,3)6-4;1-5(2)3-4-6;1-5-3-2-4-5;1-5-4-2-3-4;1-4-5(2)3;1-4(2)5-3;1-7-2-3(4,5)6;1-4(2)3;1-3-4-2;1-3-2;1-2/h7H,3-6H2,1-2H3;2-7H2,1H3;6H,3-5H2,1-2H3;1-5H3;2-4H2,1H3;2*5H,3-4H2,1-2H3;2-5H2,1H3;5H,1-4H3;6H,1-4H3;6H,3-4H2,1-2H3;2-4H2,1H3;4-5H,2-3H2,1H3;4H2,1-3H3;4-5H,1-3H3;7H,2H2,1H3;1-3H3;4H,3H2,1-2H3;3H,1-2H3;2H2,1H3. The second-order valence-corrected chi connectivity index (χ2v) is 35.7. The molecule has 9 N–H and O–H groups in total. The fourth-order valence-electron chi connectivity index (χ4n) is 7.64. The molecule has 9 aliphatic rings. The number of ether oxygens (including phenoxy) is 3. The number of hydrogen-bond acceptors (Lipinski definition) is 24. The number of methoxy groups -OCH3 is 1. The molecule has 1 saturated carbocycles. The van der Waals surface area contributed by atoms with Crippen molar-refractivity contribution in [2.24, 2.45) is 11.7 Å². The number of nitrogens with one attached hydrogen (secondary N) is 6. The number of likely N-dealkylation sites (tertiary alicyclic amines) is 6. The summed E-state index contributed by atoms with van der Waals surface area (Å²) in [6, 6.07) is 3.57. The van der Waals surface area contributed by atoms with Crippen molar-refractivity contribution < 1.29 is 41.3 Å². The van der Waals surface area contributed by atoms with E-state index < -0.39 is 18.6 Å². The van der Waals surface area contributed by atoms with Crippen molar-refractivity contribution in [3.05, 3.63) is 0 Å². The van der Waals surface area contributed by atoms with Crippen LogP contribution in [0.2, 0.25) is 0 Å². The lowest BCUT2D eigenvalue weighted by molar-refractivity contribution is -0.123. The maximum absolute atomic E-state index is 12.2. The fourth-order valence-corrected chi connectivity index (χ4v) is 7.64. The summed E-state index contributed by atoms with van der Waals surface area (Å²) in [6.45, 7) is 47.3. The second-order valence-electron chi connectivity index (χ2n) is 35.7. The van der Waals surface area contributed by atoms with E-state index in [1.807, 2.05) is 92.6 Å². The van der Waals surface area contributed by atoms with Crippen molar-refractivity contribution in [2.45, 2.75) is 233 Å². The molecule has 0 aromatic carbocycles. The predicted octanol–water partition coefficient (Wildman–Crippen LogP) is 10.0. The molecule has 1 atom stereocenters. The first kappa shape index (κ1) is 139. The van der Waals surface area contributed by atoms with E-state index in [0.717, 1.165) is 71.1 Å². The first-order valence-electron chi connectivity index (χ1n) is 43.9. The average Bonchev–Trinajstić information content (AvgIpc) is 1.81. The van der Waals surface area contributed by atoms with Crippen LogP contribution >= 0.6 is 0 Å². The van der Waals surface area contributed by atoms with E-state index in [9.17, 15) is 22.0 Å². The summed E-state index contributed by atoms with van der Waals surface area (Å²) in [4.78, 5) is 28.2. The van der Waals surface area contributed by atoms with Crippen LogP contribution in [0.3, 0.4) is 0 Å². The van der Waals surface area contributed by atoms with Gasteiger partial charge in [0.2, 0.25) is 0 Å². The minimum Gasteiger partial charge on any atom is -0.395 e. The largest absolute Gasteiger partial charge is 0.401 e. The molecule has 9 fully saturated rings. The molecule has 8 heterocycles. The first-order chi connectivity index (χ1) is 54.0. The van der Waals surface area contributed by atoms with Crippen LogP contribution in [0.15, 0.2) is 0 Å². The molecular formula is C88H213F5N20O4. The molecule has 24 nitrogen and oxygen atoms in total. The van der Waals surface area contributed by atoms with E-state index in [2.05, 4.69) is 277 Å². The number of alkyl halides is 5. The van der Waals surface area contributed by atoms with Crippen LogP contribution in [0.5, 0.6) is 0 Å². The highest BCUT2D eigenvalue weighted by Gasteiger charge is 2.36. The molecule has 9 rings (SSSR count). The summed E-state index contributed by atoms with van der Waals surface area (Å²) < 4.78 is 72.4. The van der Waals surface area contributed by atoms with Gasteiger partial charge in [0.15, 0.2) is 0 Å². The zero-order chi connectivity index (χ0) is 94.0. The molecule has 29 heteroatoms. The molecule has 1 aliphatic carbocycles. The number of halogens is 5. The third-order valence-corrected chi connectivity index (χ3v) is 18.6. The Hall–Kier alpha value is -1.31. The number of aliphatic hydroxyl groups is 1. The molecule has 8 aliphatic heterocycles. The summed E-state index contributed by atoms with van der Waals surface area (Å²) in [7, 11) is 59.3. The fraction of sp³-hybridized carbons (Fsp3) is 1.00. The van der Waals surface area contributed by atoms with Gasteiger partial charge in [0.25, 0.3) is 5.92 Å². The van der Waals surface area contributed by atoms with Crippen LogP contribution in [0, 0.1) is 5.92 Å². The monoisotopic (exact) mass is 1710 g/mol. The van der Waals surface area contributed by atoms with Crippen molar-refractivity contribution in [3.63, 3.8) is 0 Å². The van der Waals surface area contributed by atoms with E-state index in [1.54, 1.807) is 19.1 Å². The molecule has 0 bridgehead atoms. The number of nitrogens with zero attached hydrogens (tertiary/aromatic N) is 13. The van der Waals surface area contributed by atoms with E-state index >= 15 is 0 Å². The minimum absolute atomic E-state index is 0.0312. The van der Waals surface area contributed by atoms with E-state index in [0.29, 0.717) is 47.9 Å². The van der Waals surface area contributed by atoms with E-state index in [1.165, 1.54) is 144 Å². The predicted molar refractivity (Wildman–Crippen MR) is 509 cm³/mol. The number of aliphatic hydroxyl groups excluding tert-OH is 1. The summed E-state index contributed by atoms with van der Waals surface area (Å²) in [5.74, 6) is -1.43. The van der Waals surface area contributed by atoms with Gasteiger partial charge in [-0.2, -0.15) is 13.2 Å². The average molecular weight is 1710 g/mol. The van der Waals surface area contributed by atoms with Gasteiger partial charge in [-0.3, -0.25) is 0 Å². The molecule has 0 spiro atoms. The Labute approximate surface area is 727 Å². The zero-order valence-electron chi connectivity index (χ0n) is 86.0. The van der Waals surface area contributed by atoms with Gasteiger partial charge in [0, 0.05) is 81.6 Å². The van der Waals surface area contributed by atoms with Crippen molar-refractivity contribution in [3.8, 4) is 0 Å². The van der Waals surface area contributed by atoms with Crippen LogP contribution in [0.25, 0.3) is 0 Å². The Morgan fingerprint density at radius 1 is 0.538 bits per heavy atom. The van der Waals surface area contributed by atoms with Crippen LogP contribution in [-0.4, -0.2) is 478 Å². The van der Waals surface area contributed by atoms with Crippen molar-refractivity contribution in [2.75, 3.05) is 349 Å². The molecular weight excluding hydrogens is 1500 g/mol. The van der Waals surface area contributed by atoms with Gasteiger partial charge in [0.05, 0.1) is 51.7 Å². The van der Waals surface area contributed by atoms with Crippen LogP contribution < -0.4 is 37.6 Å². The van der Waals surface area contributed by atoms with Crippen LogP contribution in [0.1, 0.15) is 173 Å². The highest BCUT2D eigenvalue weighted by atomic mass is 19.4. The van der Waals surface area contributed by atoms with Gasteiger partial charge in [-0.25, -0.2) is 8.78 Å². The topological polar surface area (TPSA) is 188 Å². The Morgan fingerprint density at radius 2 is 0.880 bits per heavy atom. The molecule has 724 valence electrons. The third-order valence-electron chi connectivity index (χ3n) is 18.6. The number of piperidine rings is 1. The normalized spacial score (nSPS) is 18.5. The summed E-state index contributed by atoms with van der Waals surface area (Å²) >= 11 is 0. The van der Waals surface area contributed by atoms with Crippen LogP contribution in [0.4, 0.5) is 22.0 Å². The quantitative estimate of drug-likeness (QED) is 0.0912. The van der Waals surface area contributed by atoms with Gasteiger partial charge >= 0.3 is 6.18 Å². The number of rotatable bonds is 11.